The molecule has 1 fully saturated rings. The summed E-state index contributed by atoms with van der Waals surface area (Å²) in [5.74, 6) is 0.911. The van der Waals surface area contributed by atoms with Crippen LogP contribution in [-0.2, 0) is 0 Å². The van der Waals surface area contributed by atoms with E-state index in [0.717, 1.165) is 35.1 Å². The van der Waals surface area contributed by atoms with Crippen LogP contribution in [-0.4, -0.2) is 13.2 Å². The molecule has 2 N–H and O–H groups in total. The van der Waals surface area contributed by atoms with E-state index < -0.39 is 0 Å². The zero-order valence-corrected chi connectivity index (χ0v) is 12.0. The first-order chi connectivity index (χ1) is 8.56. The molecule has 1 aromatic rings. The van der Waals surface area contributed by atoms with Gasteiger partial charge in [-0.25, -0.2) is 0 Å². The first kappa shape index (κ1) is 13.7. The molecule has 1 aliphatic carbocycles. The van der Waals surface area contributed by atoms with Crippen molar-refractivity contribution in [2.45, 2.75) is 39.5 Å². The number of aryl methyl sites for hydroxylation is 2. The fraction of sp³-hybridized carbons (Fsp3) is 0.600. The van der Waals surface area contributed by atoms with E-state index in [4.69, 9.17) is 22.1 Å². The second-order valence-electron chi connectivity index (χ2n) is 5.57. The van der Waals surface area contributed by atoms with Crippen LogP contribution in [0.3, 0.4) is 0 Å². The molecule has 0 amide bonds. The normalized spacial score (nSPS) is 18.0. The molecule has 0 saturated heterocycles. The topological polar surface area (TPSA) is 35.2 Å². The van der Waals surface area contributed by atoms with Gasteiger partial charge in [0.1, 0.15) is 5.75 Å². The summed E-state index contributed by atoms with van der Waals surface area (Å²) in [6.07, 6.45) is 4.93. The standard InChI is InChI=1S/C15H22ClNO/c1-11-7-13(8-12(2)14(11)16)18-10-15(9-17)5-3-4-6-15/h7-8H,3-6,9-10,17H2,1-2H3. The molecule has 0 heterocycles. The van der Waals surface area contributed by atoms with Crippen molar-refractivity contribution in [2.75, 3.05) is 13.2 Å². The largest absolute Gasteiger partial charge is 0.493 e. The third-order valence-corrected chi connectivity index (χ3v) is 4.65. The molecule has 0 radical (unpaired) electrons. The number of halogens is 1. The Labute approximate surface area is 114 Å². The van der Waals surface area contributed by atoms with Crippen LogP contribution in [0.1, 0.15) is 36.8 Å². The van der Waals surface area contributed by atoms with Gasteiger partial charge in [-0.3, -0.25) is 0 Å². The highest BCUT2D eigenvalue weighted by Crippen LogP contribution is 2.38. The van der Waals surface area contributed by atoms with Crippen LogP contribution in [0.2, 0.25) is 5.02 Å². The maximum Gasteiger partial charge on any atom is 0.119 e. The van der Waals surface area contributed by atoms with Gasteiger partial charge in [0, 0.05) is 17.0 Å². The number of benzene rings is 1. The van der Waals surface area contributed by atoms with Gasteiger partial charge in [0.15, 0.2) is 0 Å². The van der Waals surface area contributed by atoms with E-state index in [1.165, 1.54) is 25.7 Å². The zero-order valence-electron chi connectivity index (χ0n) is 11.3. The molecule has 18 heavy (non-hydrogen) atoms. The molecule has 100 valence electrons. The lowest BCUT2D eigenvalue weighted by Crippen LogP contribution is -2.33. The highest BCUT2D eigenvalue weighted by Gasteiger charge is 2.33. The molecule has 0 bridgehead atoms. The Morgan fingerprint density at radius 2 is 1.78 bits per heavy atom. The Morgan fingerprint density at radius 3 is 2.28 bits per heavy atom. The third kappa shape index (κ3) is 2.81. The lowest BCUT2D eigenvalue weighted by Gasteiger charge is -2.27. The molecule has 0 aliphatic heterocycles. The van der Waals surface area contributed by atoms with Crippen molar-refractivity contribution in [3.05, 3.63) is 28.3 Å². The Bertz CT molecular complexity index is 401. The quantitative estimate of drug-likeness (QED) is 0.899. The predicted octanol–water partition coefficient (Wildman–Crippen LogP) is 3.85. The second-order valence-corrected chi connectivity index (χ2v) is 5.95. The van der Waals surface area contributed by atoms with E-state index in [1.54, 1.807) is 0 Å². The third-order valence-electron chi connectivity index (χ3n) is 4.05. The number of hydrogen-bond donors (Lipinski definition) is 1. The summed E-state index contributed by atoms with van der Waals surface area (Å²) in [6, 6.07) is 4.02. The first-order valence-corrected chi connectivity index (χ1v) is 7.04. The number of hydrogen-bond acceptors (Lipinski definition) is 2. The van der Waals surface area contributed by atoms with E-state index in [1.807, 2.05) is 26.0 Å². The van der Waals surface area contributed by atoms with Crippen LogP contribution in [0.25, 0.3) is 0 Å². The Balaban J connectivity index is 2.06. The van der Waals surface area contributed by atoms with E-state index >= 15 is 0 Å². The van der Waals surface area contributed by atoms with E-state index in [9.17, 15) is 0 Å². The highest BCUT2D eigenvalue weighted by atomic mass is 35.5. The van der Waals surface area contributed by atoms with Crippen molar-refractivity contribution in [1.29, 1.82) is 0 Å². The molecule has 2 rings (SSSR count). The van der Waals surface area contributed by atoms with Gasteiger partial charge in [-0.15, -0.1) is 0 Å². The van der Waals surface area contributed by atoms with Crippen LogP contribution in [0.15, 0.2) is 12.1 Å². The molecule has 0 spiro atoms. The Morgan fingerprint density at radius 1 is 1.22 bits per heavy atom. The fourth-order valence-electron chi connectivity index (χ4n) is 2.76. The molecule has 3 heteroatoms. The molecule has 0 aromatic heterocycles. The average Bonchev–Trinajstić information content (AvgIpc) is 2.83. The zero-order chi connectivity index (χ0) is 13.2. The smallest absolute Gasteiger partial charge is 0.119 e. The van der Waals surface area contributed by atoms with Crippen molar-refractivity contribution in [3.63, 3.8) is 0 Å². The van der Waals surface area contributed by atoms with E-state index in [2.05, 4.69) is 0 Å². The van der Waals surface area contributed by atoms with Gasteiger partial charge in [0.05, 0.1) is 6.61 Å². The SMILES string of the molecule is Cc1cc(OCC2(CN)CCCC2)cc(C)c1Cl. The molecule has 2 nitrogen and oxygen atoms in total. The van der Waals surface area contributed by atoms with E-state index in [0.29, 0.717) is 0 Å². The van der Waals surface area contributed by atoms with Gasteiger partial charge in [-0.1, -0.05) is 24.4 Å². The van der Waals surface area contributed by atoms with Gasteiger partial charge in [-0.2, -0.15) is 0 Å². The van der Waals surface area contributed by atoms with Gasteiger partial charge in [-0.05, 0) is 49.9 Å². The van der Waals surface area contributed by atoms with Crippen molar-refractivity contribution in [2.24, 2.45) is 11.1 Å². The van der Waals surface area contributed by atoms with Gasteiger partial charge in [0.25, 0.3) is 0 Å². The van der Waals surface area contributed by atoms with Crippen LogP contribution in [0.5, 0.6) is 5.75 Å². The van der Waals surface area contributed by atoms with Crippen LogP contribution < -0.4 is 10.5 Å². The molecule has 0 atom stereocenters. The molecule has 1 saturated carbocycles. The van der Waals surface area contributed by atoms with Crippen molar-refractivity contribution in [3.8, 4) is 5.75 Å². The minimum atomic E-state index is 0.196. The number of nitrogens with two attached hydrogens (primary N) is 1. The Kier molecular flexibility index (Phi) is 4.18. The molecule has 1 aromatic carbocycles. The summed E-state index contributed by atoms with van der Waals surface area (Å²) in [4.78, 5) is 0. The van der Waals surface area contributed by atoms with Crippen molar-refractivity contribution >= 4 is 11.6 Å². The van der Waals surface area contributed by atoms with E-state index in [-0.39, 0.29) is 5.41 Å². The van der Waals surface area contributed by atoms with Gasteiger partial charge >= 0.3 is 0 Å². The minimum Gasteiger partial charge on any atom is -0.493 e. The maximum absolute atomic E-state index is 6.16. The summed E-state index contributed by atoms with van der Waals surface area (Å²) in [5.41, 5.74) is 8.25. The molecule has 1 aliphatic rings. The Hall–Kier alpha value is -0.730. The summed E-state index contributed by atoms with van der Waals surface area (Å²) >= 11 is 6.16. The number of rotatable bonds is 4. The fourth-order valence-corrected chi connectivity index (χ4v) is 2.87. The summed E-state index contributed by atoms with van der Waals surface area (Å²) in [6.45, 7) is 5.47. The maximum atomic E-state index is 6.16. The predicted molar refractivity (Wildman–Crippen MR) is 76.4 cm³/mol. The minimum absolute atomic E-state index is 0.196. The highest BCUT2D eigenvalue weighted by molar-refractivity contribution is 6.32. The molecular weight excluding hydrogens is 246 g/mol. The molecular formula is C15H22ClNO. The van der Waals surface area contributed by atoms with Crippen LogP contribution in [0.4, 0.5) is 0 Å². The average molecular weight is 268 g/mol. The molecule has 0 unspecified atom stereocenters. The lowest BCUT2D eigenvalue weighted by atomic mass is 9.87. The van der Waals surface area contributed by atoms with Crippen molar-refractivity contribution < 1.29 is 4.74 Å². The monoisotopic (exact) mass is 267 g/mol. The second kappa shape index (κ2) is 5.50. The summed E-state index contributed by atoms with van der Waals surface area (Å²) in [5, 5.41) is 0.830. The summed E-state index contributed by atoms with van der Waals surface area (Å²) < 4.78 is 5.96. The van der Waals surface area contributed by atoms with Crippen molar-refractivity contribution in [1.82, 2.24) is 0 Å². The number of ether oxygens (including phenoxy) is 1. The van der Waals surface area contributed by atoms with Crippen LogP contribution >= 0.6 is 11.6 Å². The summed E-state index contributed by atoms with van der Waals surface area (Å²) in [7, 11) is 0. The lowest BCUT2D eigenvalue weighted by molar-refractivity contribution is 0.157. The van der Waals surface area contributed by atoms with Gasteiger partial charge < -0.3 is 10.5 Å². The first-order valence-electron chi connectivity index (χ1n) is 6.66. The van der Waals surface area contributed by atoms with Gasteiger partial charge in [0.2, 0.25) is 0 Å². The van der Waals surface area contributed by atoms with Crippen LogP contribution in [0, 0.1) is 19.3 Å².